The first-order valence-corrected chi connectivity index (χ1v) is 21.8. The molecule has 0 amide bonds. The van der Waals surface area contributed by atoms with E-state index < -0.39 is 0 Å². The molecule has 0 unspecified atom stereocenters. The van der Waals surface area contributed by atoms with E-state index in [4.69, 9.17) is 0 Å². The summed E-state index contributed by atoms with van der Waals surface area (Å²) in [6.07, 6.45) is 7.85. The molecule has 0 atom stereocenters. The number of anilines is 1. The third-order valence-electron chi connectivity index (χ3n) is 6.98. The van der Waals surface area contributed by atoms with E-state index in [1.165, 1.54) is 30.0 Å². The van der Waals surface area contributed by atoms with Gasteiger partial charge in [0.15, 0.2) is 0 Å². The number of hydrogen-bond donors (Lipinski definition) is 2. The van der Waals surface area contributed by atoms with Crippen molar-refractivity contribution in [2.45, 2.75) is 116 Å². The van der Waals surface area contributed by atoms with Gasteiger partial charge in [0.05, 0.1) is 22.4 Å². The van der Waals surface area contributed by atoms with E-state index in [0.717, 1.165) is 45.7 Å². The summed E-state index contributed by atoms with van der Waals surface area (Å²) in [5, 5.41) is 34.9. The Morgan fingerprint density at radius 1 is 0.508 bits per heavy atom. The predicted octanol–water partition coefficient (Wildman–Crippen LogP) is 18.8. The van der Waals surface area contributed by atoms with Crippen molar-refractivity contribution >= 4 is 56.4 Å². The zero-order valence-corrected chi connectivity index (χ0v) is 39.3. The quantitative estimate of drug-likeness (QED) is 0.125. The van der Waals surface area contributed by atoms with Gasteiger partial charge in [-0.3, -0.25) is 0 Å². The molecule has 6 rings (SSSR count). The Morgan fingerprint density at radius 2 is 0.915 bits per heavy atom. The van der Waals surface area contributed by atoms with E-state index in [1.54, 1.807) is 13.1 Å². The van der Waals surface area contributed by atoms with Gasteiger partial charge in [-0.15, -0.1) is 5.11 Å². The third-order valence-corrected chi connectivity index (χ3v) is 6.98. The fraction of sp³-hybridized carbons (Fsp3) is 0.358. The molecular weight excluding hydrogens is 723 g/mol. The van der Waals surface area contributed by atoms with Crippen molar-refractivity contribution in [3.8, 4) is 5.75 Å². The van der Waals surface area contributed by atoms with Crippen molar-refractivity contribution in [3.63, 3.8) is 0 Å². The number of benzene rings is 6. The molecule has 320 valence electrons. The summed E-state index contributed by atoms with van der Waals surface area (Å²) >= 11 is 0. The molecule has 0 aliphatic carbocycles. The third kappa shape index (κ3) is 22.2. The van der Waals surface area contributed by atoms with Gasteiger partial charge in [-0.1, -0.05) is 199 Å². The number of rotatable bonds is 7. The number of fused-ring (bicyclic) bond motifs is 2. The van der Waals surface area contributed by atoms with Crippen molar-refractivity contribution in [1.29, 1.82) is 0 Å². The van der Waals surface area contributed by atoms with Crippen LogP contribution in [0.25, 0.3) is 33.7 Å². The van der Waals surface area contributed by atoms with Gasteiger partial charge in [0.1, 0.15) is 11.4 Å². The smallest absolute Gasteiger partial charge is 0.125 e. The van der Waals surface area contributed by atoms with Crippen LogP contribution in [0.3, 0.4) is 0 Å². The molecule has 2 N–H and O–H groups in total. The SMILES string of the molecule is CC.CC.CC.CCC.CCC.CCC.CCNc1ccc2cc(C)cc(O)c2c1N=Nc1ccc(C=Cc2ccc(N=NC)cc2)cc1.c1ccc2ccccc2c1. The first-order valence-electron chi connectivity index (χ1n) is 21.8. The number of nitrogens with one attached hydrogen (secondary N) is 1. The minimum absolute atomic E-state index is 0.204. The second-order valence-electron chi connectivity index (χ2n) is 12.4. The predicted molar refractivity (Wildman–Crippen MR) is 267 cm³/mol. The molecule has 0 spiro atoms. The first-order chi connectivity index (χ1) is 28.8. The van der Waals surface area contributed by atoms with Crippen LogP contribution in [0.4, 0.5) is 22.7 Å². The van der Waals surface area contributed by atoms with Gasteiger partial charge in [0.2, 0.25) is 0 Å². The zero-order valence-electron chi connectivity index (χ0n) is 39.3. The molecule has 0 bridgehead atoms. The van der Waals surface area contributed by atoms with Crippen LogP contribution in [0.5, 0.6) is 5.75 Å². The number of azo groups is 2. The number of aromatic hydroxyl groups is 1. The standard InChI is InChI=1S/C28H27N5O.C10H8.3C3H8.3C2H6/c1-4-30-25-16-11-22-17-19(2)18-26(34)27(22)28(25)33-32-24-14-9-21(10-15-24)6-5-20-7-12-23(13-8-20)31-29-3;1-2-6-10-8-4-3-7-9(10)5-1;3*1-3-2;3*1-2/h5-18,30,34H,4H2,1-3H3;1-8H;3*3H2,1-2H3;3*1-2H3. The molecule has 6 aromatic rings. The van der Waals surface area contributed by atoms with Crippen LogP contribution < -0.4 is 5.32 Å². The van der Waals surface area contributed by atoms with Gasteiger partial charge in [0.25, 0.3) is 0 Å². The van der Waals surface area contributed by atoms with E-state index in [0.29, 0.717) is 11.1 Å². The molecule has 0 aromatic heterocycles. The molecule has 0 aliphatic heterocycles. The number of hydrogen-bond acceptors (Lipinski definition) is 6. The maximum Gasteiger partial charge on any atom is 0.125 e. The lowest BCUT2D eigenvalue weighted by Crippen LogP contribution is -1.97. The second-order valence-corrected chi connectivity index (χ2v) is 12.4. The minimum atomic E-state index is 0.204. The monoisotopic (exact) mass is 800 g/mol. The molecule has 59 heavy (non-hydrogen) atoms. The lowest BCUT2D eigenvalue weighted by molar-refractivity contribution is 0.481. The van der Waals surface area contributed by atoms with Crippen LogP contribution >= 0.6 is 0 Å². The van der Waals surface area contributed by atoms with Gasteiger partial charge in [-0.05, 0) is 83.1 Å². The van der Waals surface area contributed by atoms with Crippen molar-refractivity contribution in [2.75, 3.05) is 18.9 Å². The van der Waals surface area contributed by atoms with Crippen molar-refractivity contribution in [3.05, 3.63) is 138 Å². The van der Waals surface area contributed by atoms with Gasteiger partial charge < -0.3 is 10.4 Å². The van der Waals surface area contributed by atoms with Crippen LogP contribution in [0.15, 0.2) is 142 Å². The molecule has 0 saturated carbocycles. The largest absolute Gasteiger partial charge is 0.507 e. The maximum absolute atomic E-state index is 10.6. The van der Waals surface area contributed by atoms with E-state index in [2.05, 4.69) is 116 Å². The van der Waals surface area contributed by atoms with Crippen molar-refractivity contribution in [2.24, 2.45) is 20.5 Å². The van der Waals surface area contributed by atoms with E-state index in [9.17, 15) is 5.11 Å². The molecular formula is C53H77N5O. The number of phenolic OH excluding ortho intramolecular Hbond substituents is 1. The highest BCUT2D eigenvalue weighted by Gasteiger charge is 2.12. The van der Waals surface area contributed by atoms with E-state index in [1.807, 2.05) is 134 Å². The van der Waals surface area contributed by atoms with Crippen molar-refractivity contribution < 1.29 is 5.11 Å². The molecule has 6 aromatic carbocycles. The van der Waals surface area contributed by atoms with Gasteiger partial charge in [-0.2, -0.15) is 15.3 Å². The Morgan fingerprint density at radius 3 is 1.31 bits per heavy atom. The molecule has 0 heterocycles. The summed E-state index contributed by atoms with van der Waals surface area (Å²) in [4.78, 5) is 0. The Hall–Kier alpha value is -5.62. The van der Waals surface area contributed by atoms with Gasteiger partial charge in [0, 0.05) is 13.6 Å². The first kappa shape index (κ1) is 55.5. The Balaban J connectivity index is 0. The van der Waals surface area contributed by atoms with E-state index in [-0.39, 0.29) is 5.75 Å². The number of phenols is 1. The normalized spacial score (nSPS) is 9.75. The van der Waals surface area contributed by atoms with Gasteiger partial charge >= 0.3 is 0 Å². The highest BCUT2D eigenvalue weighted by molar-refractivity contribution is 6.02. The fourth-order valence-electron chi connectivity index (χ4n) is 4.86. The average molecular weight is 800 g/mol. The van der Waals surface area contributed by atoms with Crippen LogP contribution in [-0.4, -0.2) is 18.7 Å². The fourth-order valence-corrected chi connectivity index (χ4v) is 4.86. The summed E-state index contributed by atoms with van der Waals surface area (Å²) in [7, 11) is 1.66. The van der Waals surface area contributed by atoms with Gasteiger partial charge in [-0.25, -0.2) is 0 Å². The Bertz CT molecular complexity index is 1930. The van der Waals surface area contributed by atoms with Crippen LogP contribution in [0.1, 0.15) is 126 Å². The highest BCUT2D eigenvalue weighted by Crippen LogP contribution is 2.40. The molecule has 6 nitrogen and oxygen atoms in total. The summed E-state index contributed by atoms with van der Waals surface area (Å²) in [5.41, 5.74) is 6.17. The molecule has 0 saturated heterocycles. The summed E-state index contributed by atoms with van der Waals surface area (Å²) < 4.78 is 0. The van der Waals surface area contributed by atoms with Crippen molar-refractivity contribution in [1.82, 2.24) is 0 Å². The maximum atomic E-state index is 10.6. The molecule has 0 fully saturated rings. The Kier molecular flexibility index (Phi) is 34.5. The number of aryl methyl sites for hydroxylation is 1. The lowest BCUT2D eigenvalue weighted by atomic mass is 10.0. The molecule has 0 aliphatic rings. The zero-order chi connectivity index (χ0) is 44.8. The van der Waals surface area contributed by atoms with Crippen LogP contribution in [-0.2, 0) is 0 Å². The Labute approximate surface area is 359 Å². The van der Waals surface area contributed by atoms with E-state index >= 15 is 0 Å². The summed E-state index contributed by atoms with van der Waals surface area (Å²) in [6.45, 7) is 29.5. The highest BCUT2D eigenvalue weighted by atomic mass is 16.3. The summed E-state index contributed by atoms with van der Waals surface area (Å²) in [5.74, 6) is 0.204. The number of nitrogens with zero attached hydrogens (tertiary/aromatic N) is 4. The average Bonchev–Trinajstić information content (AvgIpc) is 3.27. The minimum Gasteiger partial charge on any atom is -0.507 e. The molecule has 0 radical (unpaired) electrons. The molecule has 6 heteroatoms. The van der Waals surface area contributed by atoms with Crippen LogP contribution in [0, 0.1) is 6.92 Å². The summed E-state index contributed by atoms with van der Waals surface area (Å²) in [6, 6.07) is 40.2. The van der Waals surface area contributed by atoms with Crippen LogP contribution in [0.2, 0.25) is 0 Å². The topological polar surface area (TPSA) is 81.7 Å². The second kappa shape index (κ2) is 36.7. The lowest BCUT2D eigenvalue weighted by Gasteiger charge is -2.12.